The number of carbonyl (C=O) groups is 1. The average Bonchev–Trinajstić information content (AvgIpc) is 2.29. The molecule has 1 saturated carbocycles. The van der Waals surface area contributed by atoms with Gasteiger partial charge in [0.15, 0.2) is 0 Å². The Morgan fingerprint density at radius 2 is 1.93 bits per heavy atom. The molecule has 0 aromatic rings. The fourth-order valence-electron chi connectivity index (χ4n) is 2.25. The molecule has 1 fully saturated rings. The highest BCUT2D eigenvalue weighted by Gasteiger charge is 2.25. The van der Waals surface area contributed by atoms with Crippen LogP contribution in [0.1, 0.15) is 46.0 Å². The molecule has 15 heavy (non-hydrogen) atoms. The minimum absolute atomic E-state index is 0.219. The van der Waals surface area contributed by atoms with Gasteiger partial charge in [0.1, 0.15) is 0 Å². The summed E-state index contributed by atoms with van der Waals surface area (Å²) in [6, 6.07) is 1.23. The third-order valence-electron chi connectivity index (χ3n) is 3.48. The predicted octanol–water partition coefficient (Wildman–Crippen LogP) is 1.68. The van der Waals surface area contributed by atoms with Crippen LogP contribution in [-0.2, 0) is 4.79 Å². The molecule has 0 radical (unpaired) electrons. The van der Waals surface area contributed by atoms with Crippen molar-refractivity contribution in [3.63, 3.8) is 0 Å². The maximum absolute atomic E-state index is 11.4. The van der Waals surface area contributed by atoms with Gasteiger partial charge in [-0.05, 0) is 39.0 Å². The molecule has 1 aliphatic rings. The van der Waals surface area contributed by atoms with E-state index < -0.39 is 0 Å². The molecule has 88 valence electrons. The second-order valence-corrected chi connectivity index (χ2v) is 4.64. The molecule has 0 heterocycles. The van der Waals surface area contributed by atoms with Crippen LogP contribution in [0.3, 0.4) is 0 Å². The fourth-order valence-corrected chi connectivity index (χ4v) is 2.25. The number of hydrogen-bond acceptors (Lipinski definition) is 2. The molecule has 1 amide bonds. The van der Waals surface area contributed by atoms with Gasteiger partial charge in [-0.2, -0.15) is 0 Å². The lowest BCUT2D eigenvalue weighted by Crippen LogP contribution is -2.41. The standard InChI is InChI=1S/C12H24N2O/c1-4-9(2)14-11-7-5-10(6-8-11)12(15)13-3/h9-11,14H,4-8H2,1-3H3,(H,13,15). The third-order valence-corrected chi connectivity index (χ3v) is 3.48. The molecule has 1 rings (SSSR count). The van der Waals surface area contributed by atoms with Crippen molar-refractivity contribution < 1.29 is 4.79 Å². The first kappa shape index (κ1) is 12.5. The predicted molar refractivity (Wildman–Crippen MR) is 62.7 cm³/mol. The van der Waals surface area contributed by atoms with Crippen LogP contribution in [0, 0.1) is 5.92 Å². The molecule has 0 aliphatic heterocycles. The SMILES string of the molecule is CCC(C)NC1CCC(C(=O)NC)CC1. The Bertz CT molecular complexity index is 198. The van der Waals surface area contributed by atoms with E-state index in [0.717, 1.165) is 25.7 Å². The lowest BCUT2D eigenvalue weighted by molar-refractivity contribution is -0.125. The fraction of sp³-hybridized carbons (Fsp3) is 0.917. The first-order valence-electron chi connectivity index (χ1n) is 6.15. The minimum atomic E-state index is 0.219. The molecule has 0 aromatic heterocycles. The lowest BCUT2D eigenvalue weighted by Gasteiger charge is -2.30. The van der Waals surface area contributed by atoms with Crippen molar-refractivity contribution in [2.45, 2.75) is 58.0 Å². The van der Waals surface area contributed by atoms with Crippen LogP contribution in [-0.4, -0.2) is 25.0 Å². The van der Waals surface area contributed by atoms with E-state index in [9.17, 15) is 4.79 Å². The van der Waals surface area contributed by atoms with E-state index in [1.165, 1.54) is 6.42 Å². The quantitative estimate of drug-likeness (QED) is 0.744. The number of nitrogens with one attached hydrogen (secondary N) is 2. The molecular weight excluding hydrogens is 188 g/mol. The second kappa shape index (κ2) is 6.11. The van der Waals surface area contributed by atoms with E-state index in [1.807, 2.05) is 0 Å². The van der Waals surface area contributed by atoms with Crippen LogP contribution in [0.2, 0.25) is 0 Å². The summed E-state index contributed by atoms with van der Waals surface area (Å²) in [5.74, 6) is 0.474. The zero-order valence-electron chi connectivity index (χ0n) is 10.2. The van der Waals surface area contributed by atoms with Crippen LogP contribution in [0.15, 0.2) is 0 Å². The molecule has 1 aliphatic carbocycles. The van der Waals surface area contributed by atoms with E-state index in [-0.39, 0.29) is 11.8 Å². The molecule has 0 saturated heterocycles. The van der Waals surface area contributed by atoms with Crippen molar-refractivity contribution in [2.24, 2.45) is 5.92 Å². The Hall–Kier alpha value is -0.570. The van der Waals surface area contributed by atoms with Crippen LogP contribution in [0.4, 0.5) is 0 Å². The molecule has 1 atom stereocenters. The van der Waals surface area contributed by atoms with Gasteiger partial charge in [-0.3, -0.25) is 4.79 Å². The highest BCUT2D eigenvalue weighted by molar-refractivity contribution is 5.78. The highest BCUT2D eigenvalue weighted by atomic mass is 16.1. The summed E-state index contributed by atoms with van der Waals surface area (Å²) in [6.45, 7) is 4.43. The highest BCUT2D eigenvalue weighted by Crippen LogP contribution is 2.24. The number of hydrogen-bond donors (Lipinski definition) is 2. The average molecular weight is 212 g/mol. The topological polar surface area (TPSA) is 41.1 Å². The van der Waals surface area contributed by atoms with E-state index in [1.54, 1.807) is 7.05 Å². The van der Waals surface area contributed by atoms with Gasteiger partial charge >= 0.3 is 0 Å². The zero-order chi connectivity index (χ0) is 11.3. The van der Waals surface area contributed by atoms with Crippen molar-refractivity contribution in [1.82, 2.24) is 10.6 Å². The van der Waals surface area contributed by atoms with Gasteiger partial charge in [0.05, 0.1) is 0 Å². The summed E-state index contributed by atoms with van der Waals surface area (Å²) in [4.78, 5) is 11.4. The van der Waals surface area contributed by atoms with Gasteiger partial charge in [-0.1, -0.05) is 6.92 Å². The van der Waals surface area contributed by atoms with E-state index in [4.69, 9.17) is 0 Å². The maximum Gasteiger partial charge on any atom is 0.222 e. The smallest absolute Gasteiger partial charge is 0.222 e. The van der Waals surface area contributed by atoms with E-state index in [0.29, 0.717) is 12.1 Å². The van der Waals surface area contributed by atoms with E-state index in [2.05, 4.69) is 24.5 Å². The van der Waals surface area contributed by atoms with Gasteiger partial charge in [0.25, 0.3) is 0 Å². The molecular formula is C12H24N2O. The minimum Gasteiger partial charge on any atom is -0.359 e. The largest absolute Gasteiger partial charge is 0.359 e. The number of carbonyl (C=O) groups excluding carboxylic acids is 1. The molecule has 0 aromatic carbocycles. The van der Waals surface area contributed by atoms with Crippen LogP contribution >= 0.6 is 0 Å². The van der Waals surface area contributed by atoms with Crippen molar-refractivity contribution in [3.8, 4) is 0 Å². The van der Waals surface area contributed by atoms with Crippen molar-refractivity contribution in [1.29, 1.82) is 0 Å². The number of amides is 1. The monoisotopic (exact) mass is 212 g/mol. The molecule has 1 unspecified atom stereocenters. The van der Waals surface area contributed by atoms with Crippen LogP contribution in [0.5, 0.6) is 0 Å². The summed E-state index contributed by atoms with van der Waals surface area (Å²) in [7, 11) is 1.73. The molecule has 3 heteroatoms. The zero-order valence-corrected chi connectivity index (χ0v) is 10.2. The molecule has 0 spiro atoms. The van der Waals surface area contributed by atoms with Gasteiger partial charge in [-0.15, -0.1) is 0 Å². The maximum atomic E-state index is 11.4. The summed E-state index contributed by atoms with van der Waals surface area (Å²) >= 11 is 0. The third kappa shape index (κ3) is 3.82. The second-order valence-electron chi connectivity index (χ2n) is 4.64. The Morgan fingerprint density at radius 3 is 2.40 bits per heavy atom. The molecule has 3 nitrogen and oxygen atoms in total. The van der Waals surface area contributed by atoms with Gasteiger partial charge in [0, 0.05) is 25.0 Å². The molecule has 0 bridgehead atoms. The van der Waals surface area contributed by atoms with Gasteiger partial charge < -0.3 is 10.6 Å². The summed E-state index contributed by atoms with van der Waals surface area (Å²) in [5.41, 5.74) is 0. The normalized spacial score (nSPS) is 28.5. The Kier molecular flexibility index (Phi) is 5.09. The molecule has 2 N–H and O–H groups in total. The Balaban J connectivity index is 2.26. The van der Waals surface area contributed by atoms with Crippen molar-refractivity contribution in [3.05, 3.63) is 0 Å². The summed E-state index contributed by atoms with van der Waals surface area (Å²) < 4.78 is 0. The summed E-state index contributed by atoms with van der Waals surface area (Å²) in [5, 5.41) is 6.36. The van der Waals surface area contributed by atoms with E-state index >= 15 is 0 Å². The first-order valence-corrected chi connectivity index (χ1v) is 6.15. The van der Waals surface area contributed by atoms with Crippen LogP contribution in [0.25, 0.3) is 0 Å². The Labute approximate surface area is 93.0 Å². The van der Waals surface area contributed by atoms with Gasteiger partial charge in [-0.25, -0.2) is 0 Å². The van der Waals surface area contributed by atoms with Crippen molar-refractivity contribution in [2.75, 3.05) is 7.05 Å². The van der Waals surface area contributed by atoms with Crippen molar-refractivity contribution >= 4 is 5.91 Å². The van der Waals surface area contributed by atoms with Crippen LogP contribution < -0.4 is 10.6 Å². The Morgan fingerprint density at radius 1 is 1.33 bits per heavy atom. The number of rotatable bonds is 4. The van der Waals surface area contributed by atoms with Gasteiger partial charge in [0.2, 0.25) is 5.91 Å². The summed E-state index contributed by atoms with van der Waals surface area (Å²) in [6.07, 6.45) is 5.53. The lowest BCUT2D eigenvalue weighted by atomic mass is 9.85. The first-order chi connectivity index (χ1) is 7.17.